The number of nitrogens with zero attached hydrogens (tertiary/aromatic N) is 3. The summed E-state index contributed by atoms with van der Waals surface area (Å²) in [6.07, 6.45) is 4.02. The topological polar surface area (TPSA) is 75.2 Å². The highest BCUT2D eigenvalue weighted by Gasteiger charge is 2.35. The number of hydrogen-bond donors (Lipinski definition) is 1. The van der Waals surface area contributed by atoms with Crippen molar-refractivity contribution in [3.63, 3.8) is 0 Å². The van der Waals surface area contributed by atoms with E-state index < -0.39 is 18.5 Å². The molecule has 0 radical (unpaired) electrons. The molecule has 2 atom stereocenters. The van der Waals surface area contributed by atoms with Crippen LogP contribution in [0.25, 0.3) is 22.2 Å². The first-order valence-electron chi connectivity index (χ1n) is 12.0. The first-order chi connectivity index (χ1) is 17.5. The van der Waals surface area contributed by atoms with Crippen LogP contribution in [-0.2, 0) is 4.74 Å². The van der Waals surface area contributed by atoms with Crippen LogP contribution in [0, 0.1) is 5.82 Å². The lowest BCUT2D eigenvalue weighted by atomic mass is 9.95. The van der Waals surface area contributed by atoms with Crippen molar-refractivity contribution in [2.75, 3.05) is 13.2 Å². The molecule has 186 valence electrons. The van der Waals surface area contributed by atoms with Crippen molar-refractivity contribution in [1.29, 1.82) is 0 Å². The molecule has 0 aliphatic carbocycles. The highest BCUT2D eigenvalue weighted by Crippen LogP contribution is 2.44. The van der Waals surface area contributed by atoms with Crippen LogP contribution < -0.4 is 10.5 Å². The second kappa shape index (κ2) is 9.22. The molecule has 9 heteroatoms. The van der Waals surface area contributed by atoms with Crippen LogP contribution in [0.1, 0.15) is 54.3 Å². The number of hydrogen-bond acceptors (Lipinski definition) is 5. The summed E-state index contributed by atoms with van der Waals surface area (Å²) in [6, 6.07) is 12.9. The van der Waals surface area contributed by atoms with Crippen LogP contribution in [0.15, 0.2) is 54.7 Å². The van der Waals surface area contributed by atoms with Gasteiger partial charge in [-0.1, -0.05) is 24.3 Å². The van der Waals surface area contributed by atoms with E-state index >= 15 is 4.39 Å². The molecule has 0 amide bonds. The molecular formula is C27H25F3N4O2. The molecule has 36 heavy (non-hydrogen) atoms. The third-order valence-corrected chi connectivity index (χ3v) is 7.16. The van der Waals surface area contributed by atoms with Crippen LogP contribution in [0.2, 0.25) is 0 Å². The van der Waals surface area contributed by atoms with E-state index in [9.17, 15) is 8.78 Å². The Morgan fingerprint density at radius 3 is 2.64 bits per heavy atom. The lowest BCUT2D eigenvalue weighted by Gasteiger charge is -2.21. The minimum Gasteiger partial charge on any atom is -0.434 e. The quantitative estimate of drug-likeness (QED) is 0.384. The third-order valence-electron chi connectivity index (χ3n) is 7.16. The summed E-state index contributed by atoms with van der Waals surface area (Å²) in [7, 11) is 0. The Kier molecular flexibility index (Phi) is 5.89. The highest BCUT2D eigenvalue weighted by atomic mass is 19.3. The van der Waals surface area contributed by atoms with E-state index in [2.05, 4.69) is 9.97 Å². The number of rotatable bonds is 5. The maximum Gasteiger partial charge on any atom is 0.387 e. The number of para-hydroxylation sites is 1. The van der Waals surface area contributed by atoms with Crippen LogP contribution in [0.3, 0.4) is 0 Å². The minimum atomic E-state index is -2.95. The zero-order chi connectivity index (χ0) is 24.8. The van der Waals surface area contributed by atoms with E-state index in [1.807, 2.05) is 16.7 Å². The third kappa shape index (κ3) is 4.02. The summed E-state index contributed by atoms with van der Waals surface area (Å²) in [5, 5.41) is 0. The number of fused-ring (bicyclic) bond motifs is 3. The Morgan fingerprint density at radius 1 is 1.08 bits per heavy atom. The number of benzene rings is 2. The van der Waals surface area contributed by atoms with Crippen molar-refractivity contribution < 1.29 is 22.6 Å². The van der Waals surface area contributed by atoms with E-state index in [1.165, 1.54) is 12.1 Å². The lowest BCUT2D eigenvalue weighted by molar-refractivity contribution is -0.0506. The number of pyridine rings is 1. The summed E-state index contributed by atoms with van der Waals surface area (Å²) < 4.78 is 53.5. The predicted octanol–water partition coefficient (Wildman–Crippen LogP) is 5.73. The van der Waals surface area contributed by atoms with Gasteiger partial charge in [-0.3, -0.25) is 4.98 Å². The maximum atomic E-state index is 15.2. The largest absolute Gasteiger partial charge is 0.434 e. The van der Waals surface area contributed by atoms with E-state index in [1.54, 1.807) is 30.5 Å². The number of nitrogens with two attached hydrogens (primary N) is 1. The molecule has 2 unspecified atom stereocenters. The molecule has 2 N–H and O–H groups in total. The van der Waals surface area contributed by atoms with Crippen molar-refractivity contribution in [3.05, 3.63) is 77.6 Å². The van der Waals surface area contributed by atoms with Crippen LogP contribution in [0.5, 0.6) is 5.75 Å². The molecule has 1 saturated heterocycles. The number of imidazole rings is 1. The van der Waals surface area contributed by atoms with Gasteiger partial charge in [0.1, 0.15) is 17.4 Å². The Labute approximate surface area is 205 Å². The predicted molar refractivity (Wildman–Crippen MR) is 128 cm³/mol. The average molecular weight is 495 g/mol. The standard InChI is InChI=1S/C27H25F3N4O2/c28-19-12-22-24(11-18(19)16-5-6-21(32-14-16)15-7-9-35-10-8-15)34-23(13-20(31)26(34)33-22)17-3-1-2-4-25(17)36-27(29)30/h1-6,11-12,14-15,20,23,27H,7-10,13,31H2. The van der Waals surface area contributed by atoms with Crippen LogP contribution in [-0.4, -0.2) is 34.4 Å². The molecule has 1 fully saturated rings. The van der Waals surface area contributed by atoms with E-state index in [0.717, 1.165) is 31.7 Å². The molecule has 0 spiro atoms. The van der Waals surface area contributed by atoms with E-state index in [0.29, 0.717) is 45.9 Å². The highest BCUT2D eigenvalue weighted by molar-refractivity contribution is 5.83. The van der Waals surface area contributed by atoms with Crippen LogP contribution >= 0.6 is 0 Å². The number of alkyl halides is 2. The van der Waals surface area contributed by atoms with Gasteiger partial charge in [-0.25, -0.2) is 9.37 Å². The molecule has 2 aromatic heterocycles. The SMILES string of the molecule is NC1CC(c2ccccc2OC(F)F)n2c1nc1cc(F)c(-c3ccc(C4CCOCC4)nc3)cc12. The molecule has 0 bridgehead atoms. The normalized spacial score (nSPS) is 20.2. The lowest BCUT2D eigenvalue weighted by Crippen LogP contribution is -2.14. The van der Waals surface area contributed by atoms with Gasteiger partial charge in [0.2, 0.25) is 0 Å². The van der Waals surface area contributed by atoms with Gasteiger partial charge in [-0.05, 0) is 37.5 Å². The fourth-order valence-corrected chi connectivity index (χ4v) is 5.42. The van der Waals surface area contributed by atoms with Crippen molar-refractivity contribution in [1.82, 2.24) is 14.5 Å². The minimum absolute atomic E-state index is 0.0923. The van der Waals surface area contributed by atoms with Crippen LogP contribution in [0.4, 0.5) is 13.2 Å². The van der Waals surface area contributed by atoms with Gasteiger partial charge in [-0.15, -0.1) is 0 Å². The monoisotopic (exact) mass is 494 g/mol. The molecule has 2 aliphatic rings. The zero-order valence-corrected chi connectivity index (χ0v) is 19.4. The molecule has 2 aromatic carbocycles. The van der Waals surface area contributed by atoms with Crippen molar-refractivity contribution in [2.45, 2.75) is 43.9 Å². The number of ether oxygens (including phenoxy) is 2. The van der Waals surface area contributed by atoms with Crippen molar-refractivity contribution >= 4 is 11.0 Å². The first kappa shape index (κ1) is 23.0. The average Bonchev–Trinajstić information content (AvgIpc) is 3.41. The van der Waals surface area contributed by atoms with Gasteiger partial charge in [0, 0.05) is 53.8 Å². The summed E-state index contributed by atoms with van der Waals surface area (Å²) >= 11 is 0. The van der Waals surface area contributed by atoms with Gasteiger partial charge < -0.3 is 19.8 Å². The molecule has 6 rings (SSSR count). The smallest absolute Gasteiger partial charge is 0.387 e. The molecule has 6 nitrogen and oxygen atoms in total. The second-order valence-corrected chi connectivity index (χ2v) is 9.29. The molecule has 0 saturated carbocycles. The van der Waals surface area contributed by atoms with E-state index in [-0.39, 0.29) is 11.8 Å². The molecule has 2 aliphatic heterocycles. The van der Waals surface area contributed by atoms with Gasteiger partial charge >= 0.3 is 6.61 Å². The molecular weight excluding hydrogens is 469 g/mol. The first-order valence-corrected chi connectivity index (χ1v) is 12.0. The number of halogens is 3. The summed E-state index contributed by atoms with van der Waals surface area (Å²) in [5.41, 5.74) is 10.1. The second-order valence-electron chi connectivity index (χ2n) is 9.29. The molecule has 4 aromatic rings. The van der Waals surface area contributed by atoms with Crippen molar-refractivity contribution in [2.24, 2.45) is 5.73 Å². The summed E-state index contributed by atoms with van der Waals surface area (Å²) in [5.74, 6) is 0.614. The van der Waals surface area contributed by atoms with Gasteiger partial charge in [-0.2, -0.15) is 8.78 Å². The van der Waals surface area contributed by atoms with Gasteiger partial charge in [0.05, 0.1) is 23.1 Å². The Bertz CT molecular complexity index is 1400. The Hall–Kier alpha value is -3.43. The van der Waals surface area contributed by atoms with Gasteiger partial charge in [0.25, 0.3) is 0 Å². The molecule has 4 heterocycles. The maximum absolute atomic E-state index is 15.2. The Morgan fingerprint density at radius 2 is 1.89 bits per heavy atom. The van der Waals surface area contributed by atoms with Crippen molar-refractivity contribution in [3.8, 4) is 16.9 Å². The van der Waals surface area contributed by atoms with E-state index in [4.69, 9.17) is 15.2 Å². The number of aromatic nitrogens is 3. The fraction of sp³-hybridized carbons (Fsp3) is 0.333. The van der Waals surface area contributed by atoms with Gasteiger partial charge in [0.15, 0.2) is 0 Å². The Balaban J connectivity index is 1.41. The summed E-state index contributed by atoms with van der Waals surface area (Å²) in [6.45, 7) is -1.50. The fourth-order valence-electron chi connectivity index (χ4n) is 5.42. The zero-order valence-electron chi connectivity index (χ0n) is 19.4. The summed E-state index contributed by atoms with van der Waals surface area (Å²) in [4.78, 5) is 9.21.